The quantitative estimate of drug-likeness (QED) is 0.498. The van der Waals surface area contributed by atoms with E-state index in [0.717, 1.165) is 53.1 Å². The molecule has 0 radical (unpaired) electrons. The van der Waals surface area contributed by atoms with Gasteiger partial charge in [0.05, 0.1) is 18.3 Å². The molecule has 34 heavy (non-hydrogen) atoms. The van der Waals surface area contributed by atoms with Crippen molar-refractivity contribution >= 4 is 28.0 Å². The predicted octanol–water partition coefficient (Wildman–Crippen LogP) is 3.18. The minimum Gasteiger partial charge on any atom is -0.494 e. The molecule has 2 atom stereocenters. The third kappa shape index (κ3) is 2.91. The molecule has 0 unspecified atom stereocenters. The number of nitrogens with two attached hydrogens (primary N) is 1. The van der Waals surface area contributed by atoms with Crippen molar-refractivity contribution in [2.75, 3.05) is 20.2 Å². The number of methoxy groups -OCH3 is 1. The normalized spacial score (nSPS) is 23.6. The Kier molecular flexibility index (Phi) is 4.02. The molecular weight excluding hydrogens is 428 g/mol. The summed E-state index contributed by atoms with van der Waals surface area (Å²) >= 11 is 0. The van der Waals surface area contributed by atoms with Gasteiger partial charge in [-0.25, -0.2) is 9.97 Å². The molecule has 8 heteroatoms. The predicted molar refractivity (Wildman–Crippen MR) is 130 cm³/mol. The van der Waals surface area contributed by atoms with Gasteiger partial charge in [-0.2, -0.15) is 0 Å². The molecule has 2 aliphatic carbocycles. The molecule has 3 fully saturated rings. The summed E-state index contributed by atoms with van der Waals surface area (Å²) in [5.74, 6) is 2.63. The largest absolute Gasteiger partial charge is 0.494 e. The number of likely N-dealkylation sites (tertiary alicyclic amines) is 1. The van der Waals surface area contributed by atoms with Gasteiger partial charge in [0.1, 0.15) is 16.9 Å². The highest BCUT2D eigenvalue weighted by molar-refractivity contribution is 6.00. The zero-order valence-corrected chi connectivity index (χ0v) is 19.5. The number of pyridine rings is 1. The second kappa shape index (κ2) is 6.82. The van der Waals surface area contributed by atoms with E-state index in [-0.39, 0.29) is 11.4 Å². The lowest BCUT2D eigenvalue weighted by molar-refractivity contribution is 0.0772. The highest BCUT2D eigenvalue weighted by atomic mass is 16.5. The first kappa shape index (κ1) is 20.0. The number of carbonyl (C=O) groups is 1. The summed E-state index contributed by atoms with van der Waals surface area (Å²) in [7, 11) is 3.65. The average molecular weight is 457 g/mol. The minimum atomic E-state index is -0.176. The fraction of sp³-hybridized carbons (Fsp3) is 0.423. The molecule has 2 saturated carbocycles. The van der Waals surface area contributed by atoms with Crippen molar-refractivity contribution in [3.8, 4) is 17.3 Å². The minimum absolute atomic E-state index is 0.00326. The van der Waals surface area contributed by atoms with Crippen LogP contribution in [0.2, 0.25) is 0 Å². The number of piperidine rings is 1. The van der Waals surface area contributed by atoms with E-state index in [1.807, 2.05) is 36.3 Å². The maximum absolute atomic E-state index is 13.3. The molecule has 3 aliphatic rings. The molecule has 4 heterocycles. The Morgan fingerprint density at radius 1 is 1.29 bits per heavy atom. The number of ether oxygens (including phenoxy) is 1. The van der Waals surface area contributed by atoms with Gasteiger partial charge in [0.15, 0.2) is 5.82 Å². The highest BCUT2D eigenvalue weighted by Gasteiger charge is 2.58. The van der Waals surface area contributed by atoms with Crippen LogP contribution in [0.15, 0.2) is 36.5 Å². The third-order valence-electron chi connectivity index (χ3n) is 7.92. The van der Waals surface area contributed by atoms with E-state index in [0.29, 0.717) is 29.7 Å². The van der Waals surface area contributed by atoms with Crippen molar-refractivity contribution in [3.63, 3.8) is 0 Å². The number of aryl methyl sites for hydroxylation is 1. The summed E-state index contributed by atoms with van der Waals surface area (Å²) in [6, 6.07) is 9.96. The number of fused-ring (bicyclic) bond motifs is 3. The molecular formula is C26H28N6O2. The molecule has 2 N–H and O–H groups in total. The van der Waals surface area contributed by atoms with Gasteiger partial charge in [0, 0.05) is 49.4 Å². The van der Waals surface area contributed by atoms with E-state index in [1.165, 1.54) is 12.8 Å². The Bertz CT molecular complexity index is 1480. The van der Waals surface area contributed by atoms with Gasteiger partial charge in [-0.05, 0) is 61.4 Å². The second-order valence-corrected chi connectivity index (χ2v) is 10.4. The van der Waals surface area contributed by atoms with Crippen molar-refractivity contribution < 1.29 is 9.53 Å². The maximum atomic E-state index is 13.3. The summed E-state index contributed by atoms with van der Waals surface area (Å²) in [6.45, 7) is 2.30. The molecule has 1 aliphatic heterocycles. The van der Waals surface area contributed by atoms with E-state index in [2.05, 4.69) is 26.3 Å². The number of amides is 1. The third-order valence-corrected chi connectivity index (χ3v) is 7.92. The molecule has 0 spiro atoms. The monoisotopic (exact) mass is 456 g/mol. The van der Waals surface area contributed by atoms with Gasteiger partial charge in [0.2, 0.25) is 0 Å². The van der Waals surface area contributed by atoms with E-state index in [4.69, 9.17) is 15.5 Å². The summed E-state index contributed by atoms with van der Waals surface area (Å²) < 4.78 is 10.1. The van der Waals surface area contributed by atoms with Crippen molar-refractivity contribution in [2.45, 2.75) is 31.3 Å². The smallest absolute Gasteiger partial charge is 0.254 e. The Hall–Kier alpha value is -3.39. The number of hydrogen-bond acceptors (Lipinski definition) is 5. The Morgan fingerprint density at radius 2 is 2.15 bits per heavy atom. The molecule has 3 aromatic heterocycles. The Balaban J connectivity index is 1.35. The van der Waals surface area contributed by atoms with Crippen LogP contribution in [0.4, 0.5) is 0 Å². The zero-order chi connectivity index (χ0) is 23.2. The van der Waals surface area contributed by atoms with Crippen molar-refractivity contribution in [1.82, 2.24) is 24.0 Å². The van der Waals surface area contributed by atoms with Gasteiger partial charge in [0.25, 0.3) is 5.91 Å². The first-order chi connectivity index (χ1) is 16.4. The molecule has 174 valence electrons. The van der Waals surface area contributed by atoms with Crippen LogP contribution in [0.25, 0.3) is 33.6 Å². The second-order valence-electron chi connectivity index (χ2n) is 10.4. The molecule has 7 rings (SSSR count). The van der Waals surface area contributed by atoms with Gasteiger partial charge < -0.3 is 24.5 Å². The average Bonchev–Trinajstić information content (AvgIpc) is 3.66. The number of hydrogen-bond donors (Lipinski definition) is 1. The van der Waals surface area contributed by atoms with Crippen molar-refractivity contribution in [3.05, 3.63) is 42.1 Å². The van der Waals surface area contributed by atoms with E-state index < -0.39 is 0 Å². The molecule has 8 nitrogen and oxygen atoms in total. The fourth-order valence-corrected chi connectivity index (χ4v) is 5.70. The standard InChI is InChI=1S/C26H28N6O2/c1-30-22-19(8-17(10-21(22)34-2)25(33)31-13-18-11-26(18,27)14-31)29-24(30)20-9-16-4-3-7-28-23(16)32(20)12-15-5-6-15/h3-4,7-10,15,18H,5-6,11-14,27H2,1-2H3/t18-,26-/m1/s1. The summed E-state index contributed by atoms with van der Waals surface area (Å²) in [6.07, 6.45) is 5.38. The van der Waals surface area contributed by atoms with Gasteiger partial charge in [-0.15, -0.1) is 0 Å². The summed E-state index contributed by atoms with van der Waals surface area (Å²) in [4.78, 5) is 24.9. The fourth-order valence-electron chi connectivity index (χ4n) is 5.70. The first-order valence-corrected chi connectivity index (χ1v) is 12.0. The number of carbonyl (C=O) groups excluding carboxylic acids is 1. The Morgan fingerprint density at radius 3 is 2.88 bits per heavy atom. The maximum Gasteiger partial charge on any atom is 0.254 e. The number of nitrogens with zero attached hydrogens (tertiary/aromatic N) is 5. The molecule has 1 amide bonds. The number of benzene rings is 1. The number of imidazole rings is 1. The van der Waals surface area contributed by atoms with Crippen LogP contribution >= 0.6 is 0 Å². The van der Waals surface area contributed by atoms with Crippen LogP contribution in [-0.4, -0.2) is 55.6 Å². The van der Waals surface area contributed by atoms with Crippen LogP contribution < -0.4 is 10.5 Å². The van der Waals surface area contributed by atoms with Crippen molar-refractivity contribution in [2.24, 2.45) is 24.6 Å². The van der Waals surface area contributed by atoms with Gasteiger partial charge in [-0.3, -0.25) is 4.79 Å². The first-order valence-electron chi connectivity index (χ1n) is 12.0. The molecule has 1 saturated heterocycles. The molecule has 0 bridgehead atoms. The summed E-state index contributed by atoms with van der Waals surface area (Å²) in [5.41, 5.74) is 10.4. The lowest BCUT2D eigenvalue weighted by Gasteiger charge is -2.20. The van der Waals surface area contributed by atoms with Crippen LogP contribution in [0.3, 0.4) is 0 Å². The number of rotatable bonds is 5. The van der Waals surface area contributed by atoms with Crippen LogP contribution in [0.5, 0.6) is 5.75 Å². The summed E-state index contributed by atoms with van der Waals surface area (Å²) in [5, 5.41) is 1.11. The SMILES string of the molecule is COc1cc(C(=O)N2C[C@H]3C[C@@]3(N)C2)cc2nc(-c3cc4cccnc4n3CC3CC3)n(C)c12. The zero-order valence-electron chi connectivity index (χ0n) is 19.5. The van der Waals surface area contributed by atoms with Crippen LogP contribution in [-0.2, 0) is 13.6 Å². The van der Waals surface area contributed by atoms with Gasteiger partial charge in [-0.1, -0.05) is 0 Å². The lowest BCUT2D eigenvalue weighted by atomic mass is 10.1. The molecule has 4 aromatic rings. The Labute approximate surface area is 197 Å². The van der Waals surface area contributed by atoms with E-state index in [1.54, 1.807) is 7.11 Å². The number of aromatic nitrogens is 4. The van der Waals surface area contributed by atoms with Gasteiger partial charge >= 0.3 is 0 Å². The topological polar surface area (TPSA) is 91.2 Å². The van der Waals surface area contributed by atoms with E-state index >= 15 is 0 Å². The van der Waals surface area contributed by atoms with Crippen LogP contribution in [0, 0.1) is 11.8 Å². The lowest BCUT2D eigenvalue weighted by Crippen LogP contribution is -2.37. The van der Waals surface area contributed by atoms with Crippen LogP contribution in [0.1, 0.15) is 29.6 Å². The molecule has 1 aromatic carbocycles. The van der Waals surface area contributed by atoms with E-state index in [9.17, 15) is 4.79 Å². The highest BCUT2D eigenvalue weighted by Crippen LogP contribution is 2.47. The van der Waals surface area contributed by atoms with Crippen molar-refractivity contribution in [1.29, 1.82) is 0 Å².